The van der Waals surface area contributed by atoms with E-state index in [0.717, 1.165) is 50.9 Å². The number of nitriles is 1. The largest absolute Gasteiger partial charge is 2.00 e. The molecular weight excluding hydrogens is 861 g/mol. The molecule has 0 bridgehead atoms. The number of nitrogens with zero attached hydrogens (tertiary/aromatic N) is 5. The summed E-state index contributed by atoms with van der Waals surface area (Å²) in [5.41, 5.74) is 7.81. The van der Waals surface area contributed by atoms with Gasteiger partial charge in [0.1, 0.15) is 17.1 Å². The minimum absolute atomic E-state index is 0. The van der Waals surface area contributed by atoms with Crippen molar-refractivity contribution in [2.75, 3.05) is 0 Å². The van der Waals surface area contributed by atoms with E-state index in [1.54, 1.807) is 6.07 Å². The molecule has 0 N–H and O–H groups in total. The van der Waals surface area contributed by atoms with Crippen LogP contribution in [0.5, 0.6) is 0 Å². The Morgan fingerprint density at radius 3 is 0.883 bits per heavy atom. The summed E-state index contributed by atoms with van der Waals surface area (Å²) in [5.74, 6) is 19.3. The van der Waals surface area contributed by atoms with E-state index >= 15 is 0 Å². The molecule has 0 aliphatic rings. The van der Waals surface area contributed by atoms with Crippen molar-refractivity contribution in [2.24, 2.45) is 0 Å². The second kappa shape index (κ2) is 26.9. The summed E-state index contributed by atoms with van der Waals surface area (Å²) in [4.78, 5) is 16.9. The normalized spacial score (nSPS) is 9.88. The van der Waals surface area contributed by atoms with Gasteiger partial charge in [-0.1, -0.05) is 90.6 Å². The monoisotopic (exact) mass is 892 g/mol. The van der Waals surface area contributed by atoms with Crippen LogP contribution in [0.25, 0.3) is 0 Å². The standard InChI is InChI=1S/C42H30N4.C2H3N.2ClHO4.Cu/c1-4-13-34(14-5-1)25-28-37-19-10-22-40(43-37)31-46(32-41-23-11-20-38(44-41)29-26-35-15-6-2-7-16-35)33-42-24-12-21-39(45-42)30-27-36-17-8-3-9-18-36;1-2-3;2*2-1(3,4)5;/h1-24H,31-33H2;1H3;2*(H,2,3,4,5);/q;;;;+2/p-2. The Bertz CT molecular complexity index is 2170. The van der Waals surface area contributed by atoms with Crippen LogP contribution in [0.15, 0.2) is 146 Å². The number of pyridine rings is 3. The molecule has 0 atom stereocenters. The maximum Gasteiger partial charge on any atom is 2.00 e. The zero-order valence-electron chi connectivity index (χ0n) is 31.5. The first kappa shape index (κ1) is 50.2. The molecule has 1 radical (unpaired) electrons. The molecule has 307 valence electrons. The van der Waals surface area contributed by atoms with Crippen molar-refractivity contribution in [1.29, 1.82) is 5.26 Å². The molecule has 0 spiro atoms. The summed E-state index contributed by atoms with van der Waals surface area (Å²) in [6.07, 6.45) is 0. The van der Waals surface area contributed by atoms with Crippen molar-refractivity contribution >= 4 is 0 Å². The fourth-order valence-electron chi connectivity index (χ4n) is 4.74. The second-order valence-electron chi connectivity index (χ2n) is 11.5. The van der Waals surface area contributed by atoms with Crippen molar-refractivity contribution in [3.63, 3.8) is 0 Å². The number of rotatable bonds is 6. The van der Waals surface area contributed by atoms with Gasteiger partial charge in [-0.3, -0.25) is 4.90 Å². The Labute approximate surface area is 362 Å². The third-order valence-corrected chi connectivity index (χ3v) is 6.90. The molecule has 3 aromatic carbocycles. The molecule has 3 aromatic heterocycles. The number of benzene rings is 3. The van der Waals surface area contributed by atoms with Gasteiger partial charge in [-0.2, -0.15) is 5.26 Å². The van der Waals surface area contributed by atoms with Gasteiger partial charge in [0.2, 0.25) is 0 Å². The van der Waals surface area contributed by atoms with Gasteiger partial charge in [-0.15, -0.1) is 20.5 Å². The fraction of sp³-hybridized carbons (Fsp3) is 0.0909. The van der Waals surface area contributed by atoms with Crippen LogP contribution in [0.4, 0.5) is 0 Å². The number of hydrogen-bond donors (Lipinski definition) is 0. The average Bonchev–Trinajstić information content (AvgIpc) is 3.19. The first-order valence-electron chi connectivity index (χ1n) is 17.0. The van der Waals surface area contributed by atoms with Crippen LogP contribution >= 0.6 is 0 Å². The minimum Gasteiger partial charge on any atom is -0.286 e. The molecule has 6 aromatic rings. The van der Waals surface area contributed by atoms with Gasteiger partial charge >= 0.3 is 17.1 Å². The Morgan fingerprint density at radius 1 is 0.417 bits per heavy atom. The zero-order valence-corrected chi connectivity index (χ0v) is 34.0. The number of aromatic nitrogens is 3. The first-order valence-corrected chi connectivity index (χ1v) is 19.5. The quantitative estimate of drug-likeness (QED) is 0.134. The van der Waals surface area contributed by atoms with Crippen LogP contribution in [0.2, 0.25) is 0 Å². The van der Waals surface area contributed by atoms with Crippen LogP contribution < -0.4 is 37.3 Å². The third-order valence-electron chi connectivity index (χ3n) is 6.90. The molecule has 0 saturated heterocycles. The molecule has 60 heavy (non-hydrogen) atoms. The molecular formula is C44H33Cl2CuN5O8. The molecule has 0 aliphatic carbocycles. The fourth-order valence-corrected chi connectivity index (χ4v) is 4.74. The Morgan fingerprint density at radius 2 is 0.650 bits per heavy atom. The third kappa shape index (κ3) is 24.1. The smallest absolute Gasteiger partial charge is 0.286 e. The van der Waals surface area contributed by atoms with E-state index in [1.165, 1.54) is 6.92 Å². The second-order valence-corrected chi connectivity index (χ2v) is 13.0. The predicted octanol–water partition coefficient (Wildman–Crippen LogP) is -1.71. The van der Waals surface area contributed by atoms with Crippen molar-refractivity contribution in [1.82, 2.24) is 19.9 Å². The zero-order chi connectivity index (χ0) is 42.9. The van der Waals surface area contributed by atoms with Gasteiger partial charge in [-0.05, 0) is 90.6 Å². The van der Waals surface area contributed by atoms with Crippen molar-refractivity contribution in [3.05, 3.63) is 196 Å². The van der Waals surface area contributed by atoms with Crippen LogP contribution in [-0.4, -0.2) is 19.9 Å². The average molecular weight is 894 g/mol. The molecule has 0 saturated carbocycles. The summed E-state index contributed by atoms with van der Waals surface area (Å²) >= 11 is 0. The summed E-state index contributed by atoms with van der Waals surface area (Å²) in [5, 5.41) is 7.32. The van der Waals surface area contributed by atoms with E-state index in [4.69, 9.17) is 57.5 Å². The predicted molar refractivity (Wildman–Crippen MR) is 194 cm³/mol. The van der Waals surface area contributed by atoms with Gasteiger partial charge < -0.3 is 0 Å². The van der Waals surface area contributed by atoms with Gasteiger partial charge in [0.25, 0.3) is 0 Å². The Kier molecular flexibility index (Phi) is 22.5. The van der Waals surface area contributed by atoms with Gasteiger partial charge in [-0.25, -0.2) is 52.2 Å². The van der Waals surface area contributed by atoms with E-state index in [1.807, 2.05) is 146 Å². The van der Waals surface area contributed by atoms with Crippen LogP contribution in [0.1, 0.15) is 57.8 Å². The summed E-state index contributed by atoms with van der Waals surface area (Å²) < 4.78 is 67.9. The van der Waals surface area contributed by atoms with E-state index in [-0.39, 0.29) is 17.1 Å². The van der Waals surface area contributed by atoms with E-state index in [2.05, 4.69) is 40.4 Å². The van der Waals surface area contributed by atoms with Gasteiger partial charge in [0, 0.05) is 43.2 Å². The molecule has 0 aliphatic heterocycles. The molecule has 0 fully saturated rings. The van der Waals surface area contributed by atoms with E-state index in [0.29, 0.717) is 19.6 Å². The SMILES string of the molecule is C(#Cc1cccc(CN(Cc2cccc(C#Cc3ccccc3)n2)Cc2cccc(C#Cc3ccccc3)n2)n1)c1ccccc1.CC#N.[Cu+2].[O-][Cl+3]([O-])([O-])[O-].[O-][Cl+3]([O-])([O-])[O-]. The molecule has 0 amide bonds. The molecule has 3 heterocycles. The molecule has 13 nitrogen and oxygen atoms in total. The van der Waals surface area contributed by atoms with E-state index in [9.17, 15) is 0 Å². The molecule has 6 rings (SSSR count). The summed E-state index contributed by atoms with van der Waals surface area (Å²) in [6.45, 7) is 3.19. The summed E-state index contributed by atoms with van der Waals surface area (Å²) in [6, 6.07) is 49.5. The summed E-state index contributed by atoms with van der Waals surface area (Å²) in [7, 11) is -9.89. The van der Waals surface area contributed by atoms with Crippen molar-refractivity contribution < 1.29 is 74.8 Å². The van der Waals surface area contributed by atoms with Gasteiger partial charge in [0.05, 0.1) is 23.2 Å². The topological polar surface area (TPSA) is 250 Å². The van der Waals surface area contributed by atoms with Crippen LogP contribution in [-0.2, 0) is 36.7 Å². The maximum absolute atomic E-state index is 8.49. The number of hydrogen-bond acceptors (Lipinski definition) is 13. The maximum atomic E-state index is 8.49. The minimum atomic E-state index is -4.94. The Balaban J connectivity index is 0.000000777. The van der Waals surface area contributed by atoms with Crippen LogP contribution in [0.3, 0.4) is 0 Å². The molecule has 16 heteroatoms. The van der Waals surface area contributed by atoms with E-state index < -0.39 is 20.5 Å². The number of halogens is 2. The van der Waals surface area contributed by atoms with Gasteiger partial charge in [0.15, 0.2) is 0 Å². The Hall–Kier alpha value is -5.98. The van der Waals surface area contributed by atoms with Crippen molar-refractivity contribution in [2.45, 2.75) is 26.6 Å². The van der Waals surface area contributed by atoms with Crippen LogP contribution in [0, 0.1) is 67.3 Å². The molecule has 0 unspecified atom stereocenters. The van der Waals surface area contributed by atoms with Crippen molar-refractivity contribution in [3.8, 4) is 41.6 Å². The first-order chi connectivity index (χ1) is 28.2.